The van der Waals surface area contributed by atoms with E-state index in [1.165, 1.54) is 0 Å². The standard InChI is InChI=1S/C20H24N8O/c1-21-20(22-10-16-11-24-28(13-16)17-6-4-3-5-7-17)26-8-9-27(19(29)15-26)18-12-23-25(2)14-18/h3-7,11-14H,8-10,15H2,1-2H3,(H,21,22). The second-order valence-electron chi connectivity index (χ2n) is 6.87. The minimum Gasteiger partial charge on any atom is -0.352 e. The van der Waals surface area contributed by atoms with E-state index in [0.29, 0.717) is 25.6 Å². The number of piperazine rings is 1. The van der Waals surface area contributed by atoms with Crippen molar-refractivity contribution in [3.8, 4) is 5.69 Å². The molecule has 29 heavy (non-hydrogen) atoms. The predicted molar refractivity (Wildman–Crippen MR) is 111 cm³/mol. The van der Waals surface area contributed by atoms with Crippen molar-refractivity contribution in [2.45, 2.75) is 6.54 Å². The Balaban J connectivity index is 1.36. The van der Waals surface area contributed by atoms with Gasteiger partial charge in [0.15, 0.2) is 5.96 Å². The second-order valence-corrected chi connectivity index (χ2v) is 6.87. The summed E-state index contributed by atoms with van der Waals surface area (Å²) < 4.78 is 3.54. The van der Waals surface area contributed by atoms with Crippen LogP contribution in [0.2, 0.25) is 0 Å². The van der Waals surface area contributed by atoms with Crippen LogP contribution in [-0.2, 0) is 18.4 Å². The average molecular weight is 392 g/mol. The number of anilines is 1. The highest BCUT2D eigenvalue weighted by Gasteiger charge is 2.27. The quantitative estimate of drug-likeness (QED) is 0.530. The Kier molecular flexibility index (Phi) is 5.28. The highest BCUT2D eigenvalue weighted by atomic mass is 16.2. The number of rotatable bonds is 4. The van der Waals surface area contributed by atoms with Crippen molar-refractivity contribution >= 4 is 17.6 Å². The van der Waals surface area contributed by atoms with Gasteiger partial charge in [0.25, 0.3) is 0 Å². The molecule has 9 nitrogen and oxygen atoms in total. The maximum Gasteiger partial charge on any atom is 0.246 e. The number of aliphatic imine (C=N–C) groups is 1. The van der Waals surface area contributed by atoms with Crippen LogP contribution in [0.1, 0.15) is 5.56 Å². The van der Waals surface area contributed by atoms with Crippen LogP contribution in [-0.4, -0.2) is 63.0 Å². The first-order valence-electron chi connectivity index (χ1n) is 9.47. The molecule has 0 saturated carbocycles. The third kappa shape index (κ3) is 4.13. The largest absolute Gasteiger partial charge is 0.352 e. The summed E-state index contributed by atoms with van der Waals surface area (Å²) in [5, 5.41) is 11.9. The van der Waals surface area contributed by atoms with E-state index < -0.39 is 0 Å². The summed E-state index contributed by atoms with van der Waals surface area (Å²) in [6.45, 7) is 2.15. The molecule has 9 heteroatoms. The SMILES string of the molecule is CN=C(NCc1cnn(-c2ccccc2)c1)N1CCN(c2cnn(C)c2)C(=O)C1. The molecule has 1 aromatic carbocycles. The van der Waals surface area contributed by atoms with Crippen molar-refractivity contribution in [3.63, 3.8) is 0 Å². The molecule has 0 bridgehead atoms. The van der Waals surface area contributed by atoms with Crippen LogP contribution in [0.5, 0.6) is 0 Å². The van der Waals surface area contributed by atoms with Crippen molar-refractivity contribution in [1.82, 2.24) is 29.8 Å². The van der Waals surface area contributed by atoms with Crippen LogP contribution < -0.4 is 10.2 Å². The zero-order valence-corrected chi connectivity index (χ0v) is 16.6. The fraction of sp³-hybridized carbons (Fsp3) is 0.300. The number of amides is 1. The number of para-hydroxylation sites is 1. The van der Waals surface area contributed by atoms with E-state index in [2.05, 4.69) is 20.5 Å². The maximum atomic E-state index is 12.6. The Morgan fingerprint density at radius 3 is 2.62 bits per heavy atom. The predicted octanol–water partition coefficient (Wildman–Crippen LogP) is 1.03. The molecular formula is C20H24N8O. The number of hydrogen-bond donors (Lipinski definition) is 1. The lowest BCUT2D eigenvalue weighted by atomic mass is 10.3. The van der Waals surface area contributed by atoms with Gasteiger partial charge in [-0.1, -0.05) is 18.2 Å². The highest BCUT2D eigenvalue weighted by molar-refractivity contribution is 5.98. The van der Waals surface area contributed by atoms with E-state index in [-0.39, 0.29) is 12.5 Å². The Morgan fingerprint density at radius 1 is 1.10 bits per heavy atom. The van der Waals surface area contributed by atoms with Crippen molar-refractivity contribution in [2.24, 2.45) is 12.0 Å². The first-order valence-corrected chi connectivity index (χ1v) is 9.47. The van der Waals surface area contributed by atoms with Crippen LogP contribution in [0.15, 0.2) is 60.1 Å². The molecule has 0 aliphatic carbocycles. The Hall–Kier alpha value is -3.62. The smallest absolute Gasteiger partial charge is 0.246 e. The minimum atomic E-state index is 0.0316. The van der Waals surface area contributed by atoms with E-state index in [1.807, 2.05) is 65.6 Å². The molecule has 1 aliphatic heterocycles. The van der Waals surface area contributed by atoms with Gasteiger partial charge in [-0.25, -0.2) is 4.68 Å². The summed E-state index contributed by atoms with van der Waals surface area (Å²) >= 11 is 0. The van der Waals surface area contributed by atoms with Crippen LogP contribution in [0.4, 0.5) is 5.69 Å². The Labute approximate surface area is 169 Å². The van der Waals surface area contributed by atoms with Gasteiger partial charge in [-0.2, -0.15) is 10.2 Å². The lowest BCUT2D eigenvalue weighted by molar-refractivity contribution is -0.120. The summed E-state index contributed by atoms with van der Waals surface area (Å²) in [5.41, 5.74) is 2.88. The summed E-state index contributed by atoms with van der Waals surface area (Å²) in [6, 6.07) is 9.97. The zero-order chi connectivity index (χ0) is 20.2. The topological polar surface area (TPSA) is 83.6 Å². The van der Waals surface area contributed by atoms with Crippen LogP contribution in [0.25, 0.3) is 5.69 Å². The van der Waals surface area contributed by atoms with E-state index >= 15 is 0 Å². The molecule has 3 aromatic rings. The van der Waals surface area contributed by atoms with Gasteiger partial charge in [0.05, 0.1) is 23.8 Å². The molecule has 1 aliphatic rings. The molecular weight excluding hydrogens is 368 g/mol. The van der Waals surface area contributed by atoms with E-state index in [9.17, 15) is 4.79 Å². The van der Waals surface area contributed by atoms with Crippen molar-refractivity contribution in [3.05, 3.63) is 60.7 Å². The molecule has 1 fully saturated rings. The number of aryl methyl sites for hydroxylation is 1. The fourth-order valence-electron chi connectivity index (χ4n) is 3.36. The lowest BCUT2D eigenvalue weighted by Crippen LogP contribution is -2.55. The van der Waals surface area contributed by atoms with Crippen molar-refractivity contribution in [1.29, 1.82) is 0 Å². The first kappa shape index (κ1) is 18.7. The zero-order valence-electron chi connectivity index (χ0n) is 16.6. The Morgan fingerprint density at radius 2 is 1.93 bits per heavy atom. The van der Waals surface area contributed by atoms with E-state index in [1.54, 1.807) is 22.8 Å². The number of carbonyl (C=O) groups is 1. The Bertz CT molecular complexity index is 1010. The number of aromatic nitrogens is 4. The van der Waals surface area contributed by atoms with Gasteiger partial charge in [0, 0.05) is 51.7 Å². The monoisotopic (exact) mass is 392 g/mol. The molecule has 0 radical (unpaired) electrons. The van der Waals surface area contributed by atoms with Gasteiger partial charge in [-0.15, -0.1) is 0 Å². The van der Waals surface area contributed by atoms with Gasteiger partial charge < -0.3 is 15.1 Å². The number of guanidine groups is 1. The number of hydrogen-bond acceptors (Lipinski definition) is 4. The maximum absolute atomic E-state index is 12.6. The number of nitrogens with one attached hydrogen (secondary N) is 1. The summed E-state index contributed by atoms with van der Waals surface area (Å²) in [5.74, 6) is 0.737. The fourth-order valence-corrected chi connectivity index (χ4v) is 3.36. The average Bonchev–Trinajstić information content (AvgIpc) is 3.38. The molecule has 0 spiro atoms. The second kappa shape index (κ2) is 8.17. The van der Waals surface area contributed by atoms with Crippen molar-refractivity contribution < 1.29 is 4.79 Å². The first-order chi connectivity index (χ1) is 14.1. The molecule has 4 rings (SSSR count). The van der Waals surface area contributed by atoms with Crippen molar-refractivity contribution in [2.75, 3.05) is 31.6 Å². The summed E-state index contributed by atoms with van der Waals surface area (Å²) in [7, 11) is 3.57. The van der Waals surface area contributed by atoms with E-state index in [0.717, 1.165) is 16.9 Å². The minimum absolute atomic E-state index is 0.0316. The van der Waals surface area contributed by atoms with E-state index in [4.69, 9.17) is 0 Å². The molecule has 1 amide bonds. The summed E-state index contributed by atoms with van der Waals surface area (Å²) in [4.78, 5) is 20.7. The van der Waals surface area contributed by atoms with Gasteiger partial charge >= 0.3 is 0 Å². The molecule has 1 N–H and O–H groups in total. The van der Waals surface area contributed by atoms with Gasteiger partial charge in [-0.3, -0.25) is 14.5 Å². The van der Waals surface area contributed by atoms with Crippen LogP contribution in [0.3, 0.4) is 0 Å². The van der Waals surface area contributed by atoms with Gasteiger partial charge in [0.2, 0.25) is 5.91 Å². The molecule has 2 aromatic heterocycles. The summed E-state index contributed by atoms with van der Waals surface area (Å²) in [6.07, 6.45) is 7.38. The third-order valence-electron chi connectivity index (χ3n) is 4.84. The molecule has 0 unspecified atom stereocenters. The molecule has 0 atom stereocenters. The highest BCUT2D eigenvalue weighted by Crippen LogP contribution is 2.16. The molecule has 1 saturated heterocycles. The van der Waals surface area contributed by atoms with Crippen LogP contribution in [0, 0.1) is 0 Å². The number of carbonyl (C=O) groups excluding carboxylic acids is 1. The third-order valence-corrected chi connectivity index (χ3v) is 4.84. The van der Waals surface area contributed by atoms with Crippen LogP contribution >= 0.6 is 0 Å². The molecule has 3 heterocycles. The van der Waals surface area contributed by atoms with Gasteiger partial charge in [-0.05, 0) is 12.1 Å². The molecule has 150 valence electrons. The number of benzene rings is 1. The number of nitrogens with zero attached hydrogens (tertiary/aromatic N) is 7. The lowest BCUT2D eigenvalue weighted by Gasteiger charge is -2.35. The normalized spacial score (nSPS) is 15.1. The van der Waals surface area contributed by atoms with Gasteiger partial charge in [0.1, 0.15) is 6.54 Å².